The number of amides is 1. The fourth-order valence-electron chi connectivity index (χ4n) is 2.40. The summed E-state index contributed by atoms with van der Waals surface area (Å²) < 4.78 is 1.80. The first-order valence-corrected chi connectivity index (χ1v) is 7.33. The van der Waals surface area contributed by atoms with Crippen LogP contribution in [0.2, 0.25) is 5.02 Å². The molecule has 2 aromatic rings. The molecule has 0 bridgehead atoms. The van der Waals surface area contributed by atoms with Crippen molar-refractivity contribution in [2.45, 2.75) is 6.92 Å². The number of benzene rings is 1. The number of anilines is 1. The van der Waals surface area contributed by atoms with E-state index in [1.165, 1.54) is 0 Å². The van der Waals surface area contributed by atoms with Crippen molar-refractivity contribution in [3.63, 3.8) is 0 Å². The molecule has 0 aliphatic carbocycles. The van der Waals surface area contributed by atoms with Crippen LogP contribution in [-0.2, 0) is 4.79 Å². The van der Waals surface area contributed by atoms with E-state index in [4.69, 9.17) is 11.6 Å². The summed E-state index contributed by atoms with van der Waals surface area (Å²) in [6.45, 7) is 3.76. The molecule has 1 aliphatic rings. The van der Waals surface area contributed by atoms with Gasteiger partial charge in [-0.25, -0.2) is 4.98 Å². The first-order valence-electron chi connectivity index (χ1n) is 6.95. The van der Waals surface area contributed by atoms with E-state index in [-0.39, 0.29) is 11.8 Å². The summed E-state index contributed by atoms with van der Waals surface area (Å²) in [6.07, 6.45) is 5.14. The highest BCUT2D eigenvalue weighted by molar-refractivity contribution is 6.33. The Balaban J connectivity index is 1.85. The van der Waals surface area contributed by atoms with E-state index in [9.17, 15) is 4.79 Å². The van der Waals surface area contributed by atoms with Crippen LogP contribution in [0.25, 0.3) is 5.69 Å². The average molecular weight is 305 g/mol. The summed E-state index contributed by atoms with van der Waals surface area (Å²) in [7, 11) is 0. The Bertz CT molecular complexity index is 637. The van der Waals surface area contributed by atoms with E-state index in [2.05, 4.69) is 15.6 Å². The van der Waals surface area contributed by atoms with Crippen molar-refractivity contribution >= 4 is 23.2 Å². The van der Waals surface area contributed by atoms with Crippen molar-refractivity contribution in [2.75, 3.05) is 18.4 Å². The number of nitrogens with one attached hydrogen (secondary N) is 2. The molecule has 21 heavy (non-hydrogen) atoms. The Labute approximate surface area is 128 Å². The summed E-state index contributed by atoms with van der Waals surface area (Å²) in [5, 5.41) is 6.75. The SMILES string of the molecule is CC(C(=O)Nc1cccc(Cl)c1-n1ccnc1)C1CNC1. The van der Waals surface area contributed by atoms with Gasteiger partial charge in [-0.15, -0.1) is 0 Å². The molecule has 1 saturated heterocycles. The molecule has 1 atom stereocenters. The fraction of sp³-hybridized carbons (Fsp3) is 0.333. The number of nitrogens with zero attached hydrogens (tertiary/aromatic N) is 2. The highest BCUT2D eigenvalue weighted by Gasteiger charge is 2.29. The van der Waals surface area contributed by atoms with Crippen molar-refractivity contribution in [3.05, 3.63) is 41.9 Å². The number of halogens is 1. The zero-order chi connectivity index (χ0) is 14.8. The van der Waals surface area contributed by atoms with Crippen LogP contribution >= 0.6 is 11.6 Å². The Hall–Kier alpha value is -1.85. The number of imidazole rings is 1. The van der Waals surface area contributed by atoms with Gasteiger partial charge < -0.3 is 15.2 Å². The normalized spacial score (nSPS) is 16.3. The lowest BCUT2D eigenvalue weighted by Gasteiger charge is -2.31. The van der Waals surface area contributed by atoms with Gasteiger partial charge in [0, 0.05) is 18.3 Å². The van der Waals surface area contributed by atoms with Crippen molar-refractivity contribution in [1.82, 2.24) is 14.9 Å². The quantitative estimate of drug-likeness (QED) is 0.911. The van der Waals surface area contributed by atoms with Crippen LogP contribution in [0.15, 0.2) is 36.9 Å². The molecular weight excluding hydrogens is 288 g/mol. The Kier molecular flexibility index (Phi) is 3.94. The molecule has 3 rings (SSSR count). The molecule has 0 saturated carbocycles. The molecule has 1 aromatic heterocycles. The monoisotopic (exact) mass is 304 g/mol. The maximum atomic E-state index is 12.4. The zero-order valence-corrected chi connectivity index (χ0v) is 12.5. The van der Waals surface area contributed by atoms with Gasteiger partial charge in [-0.1, -0.05) is 24.6 Å². The van der Waals surface area contributed by atoms with E-state index in [0.717, 1.165) is 18.8 Å². The first-order chi connectivity index (χ1) is 10.2. The molecule has 2 N–H and O–H groups in total. The van der Waals surface area contributed by atoms with Crippen LogP contribution in [-0.4, -0.2) is 28.5 Å². The zero-order valence-electron chi connectivity index (χ0n) is 11.7. The number of hydrogen-bond acceptors (Lipinski definition) is 3. The predicted molar refractivity (Wildman–Crippen MR) is 82.7 cm³/mol. The molecule has 1 aliphatic heterocycles. The third-order valence-corrected chi connectivity index (χ3v) is 4.25. The summed E-state index contributed by atoms with van der Waals surface area (Å²) >= 11 is 6.27. The van der Waals surface area contributed by atoms with Crippen LogP contribution < -0.4 is 10.6 Å². The van der Waals surface area contributed by atoms with Crippen molar-refractivity contribution in [3.8, 4) is 5.69 Å². The van der Waals surface area contributed by atoms with E-state index in [1.54, 1.807) is 29.4 Å². The molecule has 1 fully saturated rings. The summed E-state index contributed by atoms with van der Waals surface area (Å²) in [5.74, 6) is 0.395. The van der Waals surface area contributed by atoms with E-state index >= 15 is 0 Å². The smallest absolute Gasteiger partial charge is 0.227 e. The van der Waals surface area contributed by atoms with Gasteiger partial charge in [0.05, 0.1) is 22.7 Å². The Morgan fingerprint density at radius 3 is 2.95 bits per heavy atom. The fourth-order valence-corrected chi connectivity index (χ4v) is 2.67. The lowest BCUT2D eigenvalue weighted by molar-refractivity contribution is -0.121. The average Bonchev–Trinajstić information content (AvgIpc) is 2.90. The van der Waals surface area contributed by atoms with Crippen molar-refractivity contribution < 1.29 is 4.79 Å². The van der Waals surface area contributed by atoms with Gasteiger partial charge in [-0.3, -0.25) is 4.79 Å². The number of rotatable bonds is 4. The second-order valence-corrected chi connectivity index (χ2v) is 5.71. The molecule has 2 heterocycles. The van der Waals surface area contributed by atoms with Crippen LogP contribution in [0.3, 0.4) is 0 Å². The summed E-state index contributed by atoms with van der Waals surface area (Å²) in [6, 6.07) is 5.48. The second kappa shape index (κ2) is 5.87. The number of aromatic nitrogens is 2. The molecule has 6 heteroatoms. The van der Waals surface area contributed by atoms with Gasteiger partial charge in [-0.2, -0.15) is 0 Å². The first kappa shape index (κ1) is 14.1. The van der Waals surface area contributed by atoms with Gasteiger partial charge in [0.15, 0.2) is 0 Å². The summed E-state index contributed by atoms with van der Waals surface area (Å²) in [4.78, 5) is 16.4. The number of para-hydroxylation sites is 1. The minimum atomic E-state index is -0.0270. The maximum absolute atomic E-state index is 12.4. The van der Waals surface area contributed by atoms with Gasteiger partial charge in [0.25, 0.3) is 0 Å². The molecule has 0 radical (unpaired) electrons. The Morgan fingerprint density at radius 1 is 1.52 bits per heavy atom. The highest BCUT2D eigenvalue weighted by Crippen LogP contribution is 2.29. The third kappa shape index (κ3) is 2.80. The van der Waals surface area contributed by atoms with E-state index in [0.29, 0.717) is 16.6 Å². The van der Waals surface area contributed by atoms with E-state index in [1.807, 2.05) is 19.1 Å². The minimum Gasteiger partial charge on any atom is -0.324 e. The molecule has 110 valence electrons. The highest BCUT2D eigenvalue weighted by atomic mass is 35.5. The summed E-state index contributed by atoms with van der Waals surface area (Å²) in [5.41, 5.74) is 1.44. The Morgan fingerprint density at radius 2 is 2.33 bits per heavy atom. The van der Waals surface area contributed by atoms with Crippen LogP contribution in [0.1, 0.15) is 6.92 Å². The standard InChI is InChI=1S/C15H17ClN4O/c1-10(11-7-18-8-11)15(21)19-13-4-2-3-12(16)14(13)20-6-5-17-9-20/h2-6,9-11,18H,7-8H2,1H3,(H,19,21). The number of hydrogen-bond donors (Lipinski definition) is 2. The number of carbonyl (C=O) groups is 1. The third-order valence-electron chi connectivity index (χ3n) is 3.94. The molecule has 5 nitrogen and oxygen atoms in total. The maximum Gasteiger partial charge on any atom is 0.227 e. The van der Waals surface area contributed by atoms with Gasteiger partial charge in [0.2, 0.25) is 5.91 Å². The van der Waals surface area contributed by atoms with Gasteiger partial charge in [-0.05, 0) is 31.1 Å². The van der Waals surface area contributed by atoms with Crippen LogP contribution in [0, 0.1) is 11.8 Å². The molecule has 1 amide bonds. The van der Waals surface area contributed by atoms with E-state index < -0.39 is 0 Å². The molecule has 1 aromatic carbocycles. The predicted octanol–water partition coefficient (Wildman–Crippen LogP) is 2.32. The molecule has 1 unspecified atom stereocenters. The molecular formula is C15H17ClN4O. The van der Waals surface area contributed by atoms with Crippen LogP contribution in [0.4, 0.5) is 5.69 Å². The van der Waals surface area contributed by atoms with Crippen LogP contribution in [0.5, 0.6) is 0 Å². The topological polar surface area (TPSA) is 59.0 Å². The van der Waals surface area contributed by atoms with Gasteiger partial charge in [0.1, 0.15) is 0 Å². The lowest BCUT2D eigenvalue weighted by Crippen LogP contribution is -2.48. The van der Waals surface area contributed by atoms with Gasteiger partial charge >= 0.3 is 0 Å². The minimum absolute atomic E-state index is 0.0186. The second-order valence-electron chi connectivity index (χ2n) is 5.30. The van der Waals surface area contributed by atoms with Crippen molar-refractivity contribution in [1.29, 1.82) is 0 Å². The lowest BCUT2D eigenvalue weighted by atomic mass is 9.88. The largest absolute Gasteiger partial charge is 0.324 e. The number of carbonyl (C=O) groups excluding carboxylic acids is 1. The molecule has 0 spiro atoms. The van der Waals surface area contributed by atoms with Crippen molar-refractivity contribution in [2.24, 2.45) is 11.8 Å².